The highest BCUT2D eigenvalue weighted by atomic mass is 19.1. The van der Waals surface area contributed by atoms with E-state index in [2.05, 4.69) is 20.3 Å². The molecule has 2 amide bonds. The number of ether oxygens (including phenoxy) is 2. The topological polar surface area (TPSA) is 149 Å². The van der Waals surface area contributed by atoms with Crippen LogP contribution in [0, 0.1) is 11.7 Å². The van der Waals surface area contributed by atoms with E-state index in [4.69, 9.17) is 19.7 Å². The molecule has 3 N–H and O–H groups in total. The van der Waals surface area contributed by atoms with Gasteiger partial charge in [0.1, 0.15) is 23.8 Å². The second-order valence-corrected chi connectivity index (χ2v) is 8.86. The van der Waals surface area contributed by atoms with Crippen LogP contribution in [0.3, 0.4) is 0 Å². The number of aromatic amines is 1. The minimum absolute atomic E-state index is 0.0963. The van der Waals surface area contributed by atoms with Gasteiger partial charge in [0.2, 0.25) is 5.91 Å². The number of carbonyl (C=O) groups is 2. The van der Waals surface area contributed by atoms with Gasteiger partial charge in [-0.2, -0.15) is 5.10 Å². The summed E-state index contributed by atoms with van der Waals surface area (Å²) in [6, 6.07) is 11.5. The Hall–Kier alpha value is -4.58. The minimum Gasteiger partial charge on any atom is -0.488 e. The number of aromatic nitrogens is 3. The number of amides is 2. The number of carbonyl (C=O) groups excluding carboxylic acids is 2. The first-order valence-electron chi connectivity index (χ1n) is 11.8. The molecule has 0 spiro atoms. The van der Waals surface area contributed by atoms with Crippen molar-refractivity contribution in [2.75, 3.05) is 33.4 Å². The Kier molecular flexibility index (Phi) is 6.88. The standard InChI is InChI=1S/C26H25FN6O5/c1-14(34)29-25(28)17-12-33(13-17)26(35)16-5-3-15(4-6-16)20-10-23(38-32-20)24-18-9-19(27)22(37-8-7-36-2)11-21(18)30-31-24/h3-6,9-11,17H,7-8,12-13H2,1-2H3,(H,30,31)(H2,28,29,34). The van der Waals surface area contributed by atoms with E-state index in [1.807, 2.05) is 0 Å². The lowest BCUT2D eigenvalue weighted by atomic mass is 9.97. The summed E-state index contributed by atoms with van der Waals surface area (Å²) in [5.74, 6) is -0.434. The zero-order valence-corrected chi connectivity index (χ0v) is 20.7. The smallest absolute Gasteiger partial charge is 0.253 e. The summed E-state index contributed by atoms with van der Waals surface area (Å²) >= 11 is 0. The van der Waals surface area contributed by atoms with Crippen molar-refractivity contribution in [3.63, 3.8) is 0 Å². The van der Waals surface area contributed by atoms with E-state index < -0.39 is 5.82 Å². The first-order valence-corrected chi connectivity index (χ1v) is 11.8. The molecular formula is C26H25FN6O5. The predicted octanol–water partition coefficient (Wildman–Crippen LogP) is 3.02. The number of hydrogen-bond donors (Lipinski definition) is 2. The molecule has 38 heavy (non-hydrogen) atoms. The van der Waals surface area contributed by atoms with Crippen molar-refractivity contribution in [3.8, 4) is 28.5 Å². The lowest BCUT2D eigenvalue weighted by Crippen LogP contribution is -2.55. The highest BCUT2D eigenvalue weighted by Crippen LogP contribution is 2.33. The summed E-state index contributed by atoms with van der Waals surface area (Å²) < 4.78 is 30.4. The zero-order valence-electron chi connectivity index (χ0n) is 20.7. The molecule has 4 aromatic rings. The number of nitrogens with zero attached hydrogens (tertiary/aromatic N) is 4. The van der Waals surface area contributed by atoms with E-state index in [1.165, 1.54) is 19.1 Å². The number of halogens is 1. The van der Waals surface area contributed by atoms with Crippen molar-refractivity contribution < 1.29 is 28.0 Å². The highest BCUT2D eigenvalue weighted by Gasteiger charge is 2.33. The van der Waals surface area contributed by atoms with Gasteiger partial charge in [-0.25, -0.2) is 9.38 Å². The molecule has 1 fully saturated rings. The maximum Gasteiger partial charge on any atom is 0.253 e. The van der Waals surface area contributed by atoms with E-state index in [0.717, 1.165) is 5.56 Å². The number of methoxy groups -OCH3 is 1. The van der Waals surface area contributed by atoms with Crippen LogP contribution in [-0.2, 0) is 9.53 Å². The van der Waals surface area contributed by atoms with Crippen molar-refractivity contribution in [1.82, 2.24) is 20.3 Å². The molecule has 196 valence electrons. The van der Waals surface area contributed by atoms with E-state index >= 15 is 0 Å². The first-order chi connectivity index (χ1) is 18.3. The van der Waals surface area contributed by atoms with E-state index in [9.17, 15) is 14.0 Å². The van der Waals surface area contributed by atoms with Crippen molar-refractivity contribution >= 4 is 28.6 Å². The summed E-state index contributed by atoms with van der Waals surface area (Å²) in [7, 11) is 1.54. The molecule has 1 saturated heterocycles. The predicted molar refractivity (Wildman–Crippen MR) is 136 cm³/mol. The summed E-state index contributed by atoms with van der Waals surface area (Å²) in [6.07, 6.45) is 0. The molecule has 3 heterocycles. The van der Waals surface area contributed by atoms with Crippen LogP contribution < -0.4 is 10.5 Å². The van der Waals surface area contributed by atoms with Crippen LogP contribution in [-0.4, -0.2) is 71.3 Å². The third-order valence-electron chi connectivity index (χ3n) is 6.21. The Morgan fingerprint density at radius 1 is 1.21 bits per heavy atom. The molecule has 11 nitrogen and oxygen atoms in total. The first kappa shape index (κ1) is 25.1. The van der Waals surface area contributed by atoms with Gasteiger partial charge in [0, 0.05) is 55.8 Å². The van der Waals surface area contributed by atoms with Crippen LogP contribution >= 0.6 is 0 Å². The SMILES string of the molecule is COCCOc1cc2[nH]nc(-c3cc(-c4ccc(C(=O)N5CC(C(N)=NC(C)=O)C5)cc4)no3)c2cc1F. The number of aliphatic imine (C=N–C) groups is 1. The molecule has 0 unspecified atom stereocenters. The molecular weight excluding hydrogens is 495 g/mol. The van der Waals surface area contributed by atoms with Crippen molar-refractivity contribution in [1.29, 1.82) is 0 Å². The molecule has 0 atom stereocenters. The fourth-order valence-electron chi connectivity index (χ4n) is 4.15. The van der Waals surface area contributed by atoms with E-state index in [0.29, 0.717) is 53.3 Å². The van der Waals surface area contributed by atoms with Gasteiger partial charge in [0.25, 0.3) is 5.91 Å². The van der Waals surface area contributed by atoms with Gasteiger partial charge in [-0.05, 0) is 18.2 Å². The number of nitrogens with two attached hydrogens (primary N) is 1. The molecule has 0 aliphatic carbocycles. The average Bonchev–Trinajstić information content (AvgIpc) is 3.50. The molecule has 1 aliphatic rings. The monoisotopic (exact) mass is 520 g/mol. The van der Waals surface area contributed by atoms with Gasteiger partial charge in [0.05, 0.1) is 18.0 Å². The Labute approximate surface area is 216 Å². The second kappa shape index (κ2) is 10.4. The molecule has 5 rings (SSSR count). The fraction of sp³-hybridized carbons (Fsp3) is 0.269. The van der Waals surface area contributed by atoms with Gasteiger partial charge in [0.15, 0.2) is 17.3 Å². The Morgan fingerprint density at radius 2 is 1.97 bits per heavy atom. The van der Waals surface area contributed by atoms with Gasteiger partial charge >= 0.3 is 0 Å². The average molecular weight is 521 g/mol. The van der Waals surface area contributed by atoms with Crippen LogP contribution in [0.1, 0.15) is 17.3 Å². The van der Waals surface area contributed by atoms with Gasteiger partial charge < -0.3 is 24.6 Å². The zero-order chi connectivity index (χ0) is 26.8. The number of H-pyrrole nitrogens is 1. The minimum atomic E-state index is -0.529. The third-order valence-corrected chi connectivity index (χ3v) is 6.21. The molecule has 0 radical (unpaired) electrons. The summed E-state index contributed by atoms with van der Waals surface area (Å²) in [5, 5.41) is 11.8. The Morgan fingerprint density at radius 3 is 2.68 bits per heavy atom. The molecule has 2 aromatic heterocycles. The normalized spacial score (nSPS) is 14.1. The number of rotatable bonds is 8. The molecule has 0 saturated carbocycles. The van der Waals surface area contributed by atoms with Crippen LogP contribution in [0.25, 0.3) is 33.6 Å². The van der Waals surface area contributed by atoms with Gasteiger partial charge in [-0.15, -0.1) is 0 Å². The van der Waals surface area contributed by atoms with Crippen LogP contribution in [0.2, 0.25) is 0 Å². The Bertz CT molecular complexity index is 1520. The number of likely N-dealkylation sites (tertiary alicyclic amines) is 1. The lowest BCUT2D eigenvalue weighted by molar-refractivity contribution is -0.115. The van der Waals surface area contributed by atoms with E-state index in [-0.39, 0.29) is 35.9 Å². The van der Waals surface area contributed by atoms with Crippen molar-refractivity contribution in [2.45, 2.75) is 6.92 Å². The number of fused-ring (bicyclic) bond motifs is 1. The largest absolute Gasteiger partial charge is 0.488 e. The quantitative estimate of drug-likeness (QED) is 0.205. The fourth-order valence-corrected chi connectivity index (χ4v) is 4.15. The highest BCUT2D eigenvalue weighted by molar-refractivity contribution is 5.99. The van der Waals surface area contributed by atoms with Crippen molar-refractivity contribution in [3.05, 3.63) is 53.8 Å². The van der Waals surface area contributed by atoms with Gasteiger partial charge in [-0.1, -0.05) is 17.3 Å². The maximum absolute atomic E-state index is 14.6. The van der Waals surface area contributed by atoms with Crippen LogP contribution in [0.15, 0.2) is 52.0 Å². The van der Waals surface area contributed by atoms with E-state index in [1.54, 1.807) is 42.3 Å². The summed E-state index contributed by atoms with van der Waals surface area (Å²) in [5.41, 5.74) is 8.58. The number of amidine groups is 1. The molecule has 1 aliphatic heterocycles. The van der Waals surface area contributed by atoms with Crippen LogP contribution in [0.5, 0.6) is 5.75 Å². The number of nitrogens with one attached hydrogen (secondary N) is 1. The summed E-state index contributed by atoms with van der Waals surface area (Å²) in [6.45, 7) is 2.72. The number of benzene rings is 2. The lowest BCUT2D eigenvalue weighted by Gasteiger charge is -2.38. The number of hydrogen-bond acceptors (Lipinski definition) is 7. The molecule has 2 aromatic carbocycles. The third kappa shape index (κ3) is 4.98. The van der Waals surface area contributed by atoms with Crippen LogP contribution in [0.4, 0.5) is 4.39 Å². The molecule has 0 bridgehead atoms. The van der Waals surface area contributed by atoms with Gasteiger partial charge in [-0.3, -0.25) is 14.7 Å². The molecule has 12 heteroatoms. The maximum atomic E-state index is 14.6. The second-order valence-electron chi connectivity index (χ2n) is 8.86. The van der Waals surface area contributed by atoms with Crippen molar-refractivity contribution in [2.24, 2.45) is 16.6 Å². The Balaban J connectivity index is 1.28. The summed E-state index contributed by atoms with van der Waals surface area (Å²) in [4.78, 5) is 29.2.